The normalized spacial score (nSPS) is 10.3. The van der Waals surface area contributed by atoms with Gasteiger partial charge in [-0.25, -0.2) is 23.4 Å². The molecular weight excluding hydrogens is 909 g/mol. The molecule has 8 rings (SSSR count). The van der Waals surface area contributed by atoms with E-state index in [9.17, 15) is 8.78 Å². The molecule has 2 aromatic heterocycles. The summed E-state index contributed by atoms with van der Waals surface area (Å²) >= 11 is 8.53. The second-order valence-corrected chi connectivity index (χ2v) is 14.7. The van der Waals surface area contributed by atoms with Crippen LogP contribution >= 0.6 is 19.9 Å². The molecule has 0 saturated heterocycles. The average molecular weight is 947 g/mol. The molecule has 1 unspecified atom stereocenters. The van der Waals surface area contributed by atoms with Gasteiger partial charge < -0.3 is 20.2 Å². The fraction of sp³-hybridized carbons (Fsp3) is 0.0870. The van der Waals surface area contributed by atoms with Crippen LogP contribution in [0.2, 0.25) is 5.02 Å². The fourth-order valence-electron chi connectivity index (χ4n) is 6.23. The minimum atomic E-state index is -3.15. The molecule has 2 heterocycles. The first kappa shape index (κ1) is 55.5. The third kappa shape index (κ3) is 18.1. The molecule has 16 heteroatoms. The van der Waals surface area contributed by atoms with E-state index < -0.39 is 15.4 Å². The first-order chi connectivity index (χ1) is 29.2. The van der Waals surface area contributed by atoms with Crippen LogP contribution in [0.3, 0.4) is 0 Å². The number of halogens is 3. The molecule has 2 N–H and O–H groups in total. The number of nitrogens with zero attached hydrogens (tertiary/aromatic N) is 2. The zero-order valence-electron chi connectivity index (χ0n) is 35.4. The van der Waals surface area contributed by atoms with E-state index in [0.717, 1.165) is 60.5 Å². The third-order valence-corrected chi connectivity index (χ3v) is 9.14. The summed E-state index contributed by atoms with van der Waals surface area (Å²) in [7, 11) is -4.67. The quantitative estimate of drug-likeness (QED) is 0.0994. The summed E-state index contributed by atoms with van der Waals surface area (Å²) in [6.07, 6.45) is 0. The van der Waals surface area contributed by atoms with E-state index in [1.54, 1.807) is 12.1 Å². The predicted octanol–water partition coefficient (Wildman–Crippen LogP) is 5.54. The van der Waals surface area contributed by atoms with Crippen molar-refractivity contribution in [3.63, 3.8) is 0 Å². The van der Waals surface area contributed by atoms with Crippen LogP contribution in [0.1, 0.15) is 22.3 Å². The number of fused-ring (bicyclic) bond motifs is 2. The summed E-state index contributed by atoms with van der Waals surface area (Å²) in [5.74, 6) is -0.607. The third-order valence-electron chi connectivity index (χ3n) is 8.79. The Morgan fingerprint density at radius 2 is 0.952 bits per heavy atom. The van der Waals surface area contributed by atoms with Crippen LogP contribution in [-0.4, -0.2) is 90.3 Å². The summed E-state index contributed by atoms with van der Waals surface area (Å²) in [4.78, 5) is 18.4. The molecule has 8 nitrogen and oxygen atoms in total. The Labute approximate surface area is 454 Å². The second kappa shape index (κ2) is 28.4. The van der Waals surface area contributed by atoms with Crippen molar-refractivity contribution in [1.82, 2.24) is 9.97 Å². The van der Waals surface area contributed by atoms with Crippen molar-refractivity contribution in [3.8, 4) is 33.6 Å². The van der Waals surface area contributed by atoms with Gasteiger partial charge in [0.2, 0.25) is 0 Å². The molecule has 0 fully saturated rings. The van der Waals surface area contributed by atoms with Gasteiger partial charge >= 0.3 is 130 Å². The van der Waals surface area contributed by atoms with E-state index in [1.165, 1.54) is 122 Å². The van der Waals surface area contributed by atoms with Crippen LogP contribution in [0.4, 0.5) is 8.78 Å². The molecule has 0 aliphatic rings. The molecule has 6 aromatic carbocycles. The maximum atomic E-state index is 13.1. The van der Waals surface area contributed by atoms with Crippen LogP contribution in [0.15, 0.2) is 146 Å². The Morgan fingerprint density at radius 1 is 0.581 bits per heavy atom. The summed E-state index contributed by atoms with van der Waals surface area (Å²) in [6.45, 7) is 8.41. The SMILES string of the molecule is Cc1cc(C)cc(-c2ccc3ccc(-c4ccc(F)cc4)cc3n2)c1.Cc1cc(C)cc(-c2ccc3ccc(Cl)cc3n2)c1.O=[P+]([O-])O[O-].OB(O)c1ccc(F)cc1.[K+].[K][K]. The van der Waals surface area contributed by atoms with Crippen molar-refractivity contribution in [3.05, 3.63) is 185 Å². The molecule has 1 atom stereocenters. The molecule has 0 spiro atoms. The van der Waals surface area contributed by atoms with Crippen LogP contribution < -0.4 is 67.0 Å². The van der Waals surface area contributed by atoms with Gasteiger partial charge in [0, 0.05) is 26.9 Å². The Bertz CT molecular complexity index is 2680. The van der Waals surface area contributed by atoms with Gasteiger partial charge in [0.05, 0.1) is 22.4 Å². The first-order valence-electron chi connectivity index (χ1n) is 19.1. The number of aryl methyl sites for hydroxylation is 4. The standard InChI is InChI=1S/C23H18FN.C17H14ClN.C6H6BFO2.3K.HO4P/c1-15-11-16(2)13-20(12-15)22-10-7-18-3-4-19(14-23(18)25-22)17-5-8-21(24)9-6-17;1-11-7-12(2)9-14(8-11)16-6-4-13-3-5-15(18)10-17(13)19-16;8-6-3-1-5(2-4-6)7(9)10;;;;1-4-5(2)3/h3-14H,1-2H3;3-10H,1-2H3;1-4,9-10H;;;;1H/q;;;;;+1;/p-1. The molecule has 300 valence electrons. The molecule has 0 amide bonds. The van der Waals surface area contributed by atoms with Crippen LogP contribution in [-0.2, 0) is 9.24 Å². The van der Waals surface area contributed by atoms with Gasteiger partial charge in [0.15, 0.2) is 0 Å². The summed E-state index contributed by atoms with van der Waals surface area (Å²) in [5, 5.41) is 28.6. The molecule has 0 aliphatic carbocycles. The molecule has 8 aromatic rings. The zero-order chi connectivity index (χ0) is 44.6. The molecule has 62 heavy (non-hydrogen) atoms. The van der Waals surface area contributed by atoms with Crippen LogP contribution in [0.5, 0.6) is 0 Å². The van der Waals surface area contributed by atoms with Gasteiger partial charge in [-0.1, -0.05) is 101 Å². The number of aromatic nitrogens is 2. The summed E-state index contributed by atoms with van der Waals surface area (Å²) < 4.78 is 36.7. The van der Waals surface area contributed by atoms with Gasteiger partial charge in [0.1, 0.15) is 11.6 Å². The van der Waals surface area contributed by atoms with E-state index in [2.05, 4.69) is 105 Å². The van der Waals surface area contributed by atoms with Crippen molar-refractivity contribution >= 4 is 117 Å². The molecular formula is C46H38BClF2K3N2O6P. The Kier molecular flexibility index (Phi) is 25.4. The molecule has 0 radical (unpaired) electrons. The number of pyridine rings is 2. The number of hydrogen-bond acceptors (Lipinski definition) is 8. The number of hydrogen-bond donors (Lipinski definition) is 2. The van der Waals surface area contributed by atoms with E-state index in [1.807, 2.05) is 24.3 Å². The van der Waals surface area contributed by atoms with Crippen molar-refractivity contribution < 1.29 is 89.6 Å². The Hall–Kier alpha value is -0.836. The molecule has 0 aliphatic heterocycles. The van der Waals surface area contributed by atoms with Crippen molar-refractivity contribution in [2.45, 2.75) is 27.7 Å². The van der Waals surface area contributed by atoms with Crippen molar-refractivity contribution in [2.24, 2.45) is 0 Å². The van der Waals surface area contributed by atoms with Crippen molar-refractivity contribution in [1.29, 1.82) is 0 Å². The summed E-state index contributed by atoms with van der Waals surface area (Å²) in [6, 6.07) is 44.8. The van der Waals surface area contributed by atoms with E-state index >= 15 is 0 Å². The maximum absolute atomic E-state index is 13.1. The number of benzene rings is 6. The number of rotatable bonds is 5. The predicted molar refractivity (Wildman–Crippen MR) is 240 cm³/mol. The van der Waals surface area contributed by atoms with Gasteiger partial charge in [-0.2, -0.15) is 0 Å². The molecule has 0 bridgehead atoms. The monoisotopic (exact) mass is 946 g/mol. The Morgan fingerprint density at radius 3 is 1.37 bits per heavy atom. The van der Waals surface area contributed by atoms with Crippen molar-refractivity contribution in [2.75, 3.05) is 0 Å². The van der Waals surface area contributed by atoms with Gasteiger partial charge in [-0.05, 0) is 128 Å². The van der Waals surface area contributed by atoms with E-state index in [0.29, 0.717) is 5.46 Å². The second-order valence-electron chi connectivity index (χ2n) is 13.6. The first-order valence-corrected chi connectivity index (χ1v) is 36.6. The topological polar surface area (TPSA) is 139 Å². The summed E-state index contributed by atoms with van der Waals surface area (Å²) in [5.41, 5.74) is 13.4. The Balaban J connectivity index is 0.000000244. The van der Waals surface area contributed by atoms with E-state index in [4.69, 9.17) is 46.3 Å². The average Bonchev–Trinajstić information content (AvgIpc) is 3.24. The minimum absolute atomic E-state index is 0. The molecule has 0 saturated carbocycles. The van der Waals surface area contributed by atoms with Gasteiger partial charge in [-0.15, -0.1) is 0 Å². The fourth-order valence-corrected chi connectivity index (χ4v) is 6.40. The van der Waals surface area contributed by atoms with Gasteiger partial charge in [-0.3, -0.25) is 0 Å². The van der Waals surface area contributed by atoms with Crippen LogP contribution in [0, 0.1) is 39.3 Å². The zero-order valence-corrected chi connectivity index (χ0v) is 46.5. The van der Waals surface area contributed by atoms with Gasteiger partial charge in [0.25, 0.3) is 0 Å². The van der Waals surface area contributed by atoms with Crippen LogP contribution in [0.25, 0.3) is 55.4 Å². The van der Waals surface area contributed by atoms with E-state index in [-0.39, 0.29) is 63.0 Å².